The molecule has 0 saturated heterocycles. The number of likely N-dealkylation sites (N-methyl/N-ethyl adjacent to an activating group) is 1. The van der Waals surface area contributed by atoms with E-state index in [9.17, 15) is 13.2 Å². The molecule has 0 aliphatic heterocycles. The molecule has 3 nitrogen and oxygen atoms in total. The zero-order valence-electron chi connectivity index (χ0n) is 12.7. The van der Waals surface area contributed by atoms with Gasteiger partial charge in [-0.2, -0.15) is 0 Å². The molecule has 0 fully saturated rings. The third kappa shape index (κ3) is 5.21. The number of benzene rings is 1. The quantitative estimate of drug-likeness (QED) is 0.837. The second-order valence-corrected chi connectivity index (χ2v) is 5.26. The summed E-state index contributed by atoms with van der Waals surface area (Å²) in [5.74, 6) is -0.202. The van der Waals surface area contributed by atoms with Crippen LogP contribution in [0.25, 0.3) is 0 Å². The second kappa shape index (κ2) is 7.13. The van der Waals surface area contributed by atoms with Gasteiger partial charge in [-0.25, -0.2) is 0 Å². The van der Waals surface area contributed by atoms with Crippen molar-refractivity contribution >= 4 is 0 Å². The summed E-state index contributed by atoms with van der Waals surface area (Å²) in [7, 11) is 0. The Morgan fingerprint density at radius 2 is 1.71 bits per heavy atom. The number of halogens is 3. The van der Waals surface area contributed by atoms with Gasteiger partial charge in [0.15, 0.2) is 0 Å². The number of alkyl halides is 3. The van der Waals surface area contributed by atoms with Gasteiger partial charge in [0.1, 0.15) is 5.75 Å². The standard InChI is InChI=1S/C15H23F3N2O/c1-4-14(3,11-19)20(5-2)10-12-6-8-13(9-7-12)21-15(16,17)18/h6-9H,4-5,10-11,19H2,1-3H3. The molecule has 0 aliphatic rings. The molecule has 0 amide bonds. The monoisotopic (exact) mass is 304 g/mol. The highest BCUT2D eigenvalue weighted by Crippen LogP contribution is 2.25. The summed E-state index contributed by atoms with van der Waals surface area (Å²) in [5.41, 5.74) is 6.67. The van der Waals surface area contributed by atoms with Crippen molar-refractivity contribution in [2.45, 2.75) is 45.6 Å². The lowest BCUT2D eigenvalue weighted by Gasteiger charge is -2.39. The molecule has 1 unspecified atom stereocenters. The third-order valence-corrected chi connectivity index (χ3v) is 3.88. The summed E-state index contributed by atoms with van der Waals surface area (Å²) < 4.78 is 40.2. The van der Waals surface area contributed by atoms with Gasteiger partial charge in [0.05, 0.1) is 0 Å². The molecule has 120 valence electrons. The van der Waals surface area contributed by atoms with E-state index in [-0.39, 0.29) is 11.3 Å². The van der Waals surface area contributed by atoms with Crippen LogP contribution >= 0.6 is 0 Å². The number of nitrogens with zero attached hydrogens (tertiary/aromatic N) is 1. The van der Waals surface area contributed by atoms with Crippen molar-refractivity contribution in [2.75, 3.05) is 13.1 Å². The molecule has 6 heteroatoms. The molecule has 1 aromatic rings. The SMILES string of the molecule is CCN(Cc1ccc(OC(F)(F)F)cc1)C(C)(CC)CN. The largest absolute Gasteiger partial charge is 0.573 e. The Hall–Kier alpha value is -1.27. The highest BCUT2D eigenvalue weighted by Gasteiger charge is 2.31. The van der Waals surface area contributed by atoms with E-state index in [2.05, 4.69) is 23.5 Å². The fourth-order valence-electron chi connectivity index (χ4n) is 2.20. The molecule has 1 aromatic carbocycles. The van der Waals surface area contributed by atoms with Gasteiger partial charge in [-0.15, -0.1) is 13.2 Å². The summed E-state index contributed by atoms with van der Waals surface area (Å²) in [5, 5.41) is 0. The number of hydrogen-bond donors (Lipinski definition) is 1. The van der Waals surface area contributed by atoms with Crippen LogP contribution in [0.3, 0.4) is 0 Å². The van der Waals surface area contributed by atoms with Crippen molar-refractivity contribution in [3.05, 3.63) is 29.8 Å². The molecular weight excluding hydrogens is 281 g/mol. The van der Waals surface area contributed by atoms with E-state index < -0.39 is 6.36 Å². The average Bonchev–Trinajstić information content (AvgIpc) is 2.44. The van der Waals surface area contributed by atoms with Gasteiger partial charge in [-0.05, 0) is 37.6 Å². The molecule has 0 aliphatic carbocycles. The van der Waals surface area contributed by atoms with Crippen molar-refractivity contribution in [1.82, 2.24) is 4.90 Å². The fourth-order valence-corrected chi connectivity index (χ4v) is 2.20. The van der Waals surface area contributed by atoms with Crippen LogP contribution in [-0.4, -0.2) is 29.9 Å². The Morgan fingerprint density at radius 1 is 1.14 bits per heavy atom. The van der Waals surface area contributed by atoms with Gasteiger partial charge in [-0.3, -0.25) is 4.90 Å². The highest BCUT2D eigenvalue weighted by atomic mass is 19.4. The van der Waals surface area contributed by atoms with Crippen LogP contribution in [0.4, 0.5) is 13.2 Å². The second-order valence-electron chi connectivity index (χ2n) is 5.26. The molecule has 0 aromatic heterocycles. The molecule has 2 N–H and O–H groups in total. The van der Waals surface area contributed by atoms with Gasteiger partial charge in [-0.1, -0.05) is 26.0 Å². The first-order valence-corrected chi connectivity index (χ1v) is 7.04. The van der Waals surface area contributed by atoms with Crippen LogP contribution < -0.4 is 10.5 Å². The van der Waals surface area contributed by atoms with E-state index in [1.54, 1.807) is 12.1 Å². The highest BCUT2D eigenvalue weighted by molar-refractivity contribution is 5.27. The number of ether oxygens (including phenoxy) is 1. The molecular formula is C15H23F3N2O. The lowest BCUT2D eigenvalue weighted by molar-refractivity contribution is -0.274. The van der Waals surface area contributed by atoms with Crippen LogP contribution in [-0.2, 0) is 6.54 Å². The van der Waals surface area contributed by atoms with Gasteiger partial charge < -0.3 is 10.5 Å². The first-order chi connectivity index (χ1) is 9.74. The van der Waals surface area contributed by atoms with Crippen LogP contribution in [0.5, 0.6) is 5.75 Å². The summed E-state index contributed by atoms with van der Waals surface area (Å²) in [6.45, 7) is 8.22. The smallest absolute Gasteiger partial charge is 0.406 e. The maximum absolute atomic E-state index is 12.1. The minimum Gasteiger partial charge on any atom is -0.406 e. The molecule has 1 atom stereocenters. The first kappa shape index (κ1) is 17.8. The molecule has 0 bridgehead atoms. The van der Waals surface area contributed by atoms with E-state index in [4.69, 9.17) is 5.73 Å². The normalized spacial score (nSPS) is 15.0. The Balaban J connectivity index is 2.78. The fraction of sp³-hybridized carbons (Fsp3) is 0.600. The van der Waals surface area contributed by atoms with Gasteiger partial charge in [0.2, 0.25) is 0 Å². The van der Waals surface area contributed by atoms with E-state index in [1.165, 1.54) is 12.1 Å². The van der Waals surface area contributed by atoms with Crippen LogP contribution in [0, 0.1) is 0 Å². The Bertz CT molecular complexity index is 428. The van der Waals surface area contributed by atoms with E-state index in [0.717, 1.165) is 18.5 Å². The van der Waals surface area contributed by atoms with E-state index in [0.29, 0.717) is 13.1 Å². The topological polar surface area (TPSA) is 38.5 Å². The minimum atomic E-state index is -4.66. The molecule has 1 rings (SSSR count). The lowest BCUT2D eigenvalue weighted by atomic mass is 9.95. The van der Waals surface area contributed by atoms with Gasteiger partial charge in [0, 0.05) is 18.6 Å². The molecule has 0 heterocycles. The Morgan fingerprint density at radius 3 is 2.10 bits per heavy atom. The predicted octanol–water partition coefficient (Wildman–Crippen LogP) is 3.53. The van der Waals surface area contributed by atoms with Crippen LogP contribution in [0.1, 0.15) is 32.8 Å². The number of rotatable bonds is 7. The molecule has 0 saturated carbocycles. The third-order valence-electron chi connectivity index (χ3n) is 3.88. The molecule has 0 radical (unpaired) electrons. The van der Waals surface area contributed by atoms with Crippen LogP contribution in [0.15, 0.2) is 24.3 Å². The van der Waals surface area contributed by atoms with Crippen molar-refractivity contribution < 1.29 is 17.9 Å². The maximum atomic E-state index is 12.1. The van der Waals surface area contributed by atoms with Crippen molar-refractivity contribution in [3.63, 3.8) is 0 Å². The zero-order chi connectivity index (χ0) is 16.1. The van der Waals surface area contributed by atoms with Gasteiger partial charge >= 0.3 is 6.36 Å². The molecule has 21 heavy (non-hydrogen) atoms. The maximum Gasteiger partial charge on any atom is 0.573 e. The lowest BCUT2D eigenvalue weighted by Crippen LogP contribution is -2.50. The molecule has 0 spiro atoms. The van der Waals surface area contributed by atoms with E-state index in [1.807, 2.05) is 6.92 Å². The summed E-state index contributed by atoms with van der Waals surface area (Å²) in [6, 6.07) is 5.97. The van der Waals surface area contributed by atoms with Crippen molar-refractivity contribution in [3.8, 4) is 5.75 Å². The average molecular weight is 304 g/mol. The summed E-state index contributed by atoms with van der Waals surface area (Å²) in [4.78, 5) is 2.23. The Labute approximate surface area is 123 Å². The number of nitrogens with two attached hydrogens (primary N) is 1. The number of hydrogen-bond acceptors (Lipinski definition) is 3. The summed E-state index contributed by atoms with van der Waals surface area (Å²) in [6.07, 6.45) is -3.75. The Kier molecular flexibility index (Phi) is 6.04. The van der Waals surface area contributed by atoms with Crippen molar-refractivity contribution in [1.29, 1.82) is 0 Å². The first-order valence-electron chi connectivity index (χ1n) is 7.04. The van der Waals surface area contributed by atoms with E-state index >= 15 is 0 Å². The van der Waals surface area contributed by atoms with Gasteiger partial charge in [0.25, 0.3) is 0 Å². The van der Waals surface area contributed by atoms with Crippen LogP contribution in [0.2, 0.25) is 0 Å². The predicted molar refractivity (Wildman–Crippen MR) is 77.0 cm³/mol. The zero-order valence-corrected chi connectivity index (χ0v) is 12.7. The minimum absolute atomic E-state index is 0.115. The summed E-state index contributed by atoms with van der Waals surface area (Å²) >= 11 is 0. The van der Waals surface area contributed by atoms with Crippen molar-refractivity contribution in [2.24, 2.45) is 5.73 Å².